The number of nitro benzene ring substituents is 2. The molecule has 0 spiro atoms. The zero-order valence-corrected chi connectivity index (χ0v) is 19.9. The summed E-state index contributed by atoms with van der Waals surface area (Å²) in [6.07, 6.45) is 0. The summed E-state index contributed by atoms with van der Waals surface area (Å²) in [6, 6.07) is 17.6. The Kier molecular flexibility index (Phi) is 7.35. The molecule has 0 bridgehead atoms. The molecule has 11 nitrogen and oxygen atoms in total. The van der Waals surface area contributed by atoms with Crippen LogP contribution in [0.15, 0.2) is 77.2 Å². The van der Waals surface area contributed by atoms with Gasteiger partial charge in [0.2, 0.25) is 0 Å². The molecule has 4 rings (SSSR count). The molecule has 0 saturated heterocycles. The number of nitro groups is 2. The number of carbonyl (C=O) groups excluding carboxylic acids is 1. The molecule has 1 aromatic heterocycles. The molecule has 1 amide bonds. The van der Waals surface area contributed by atoms with Gasteiger partial charge in [-0.1, -0.05) is 29.3 Å². The number of halogens is 1. The minimum Gasteiger partial charge on any atom is -0.484 e. The smallest absolute Gasteiger partial charge is 0.291 e. The van der Waals surface area contributed by atoms with Crippen molar-refractivity contribution >= 4 is 34.6 Å². The number of hydrogen-bond acceptors (Lipinski definition) is 8. The molecule has 188 valence electrons. The van der Waals surface area contributed by atoms with Crippen LogP contribution in [-0.2, 0) is 6.61 Å². The molecule has 37 heavy (non-hydrogen) atoms. The number of nitrogens with one attached hydrogen (secondary N) is 1. The van der Waals surface area contributed by atoms with E-state index in [4.69, 9.17) is 25.5 Å². The van der Waals surface area contributed by atoms with Crippen molar-refractivity contribution in [2.45, 2.75) is 13.5 Å². The summed E-state index contributed by atoms with van der Waals surface area (Å²) in [5, 5.41) is 25.1. The Bertz CT molecular complexity index is 1480. The molecule has 1 heterocycles. The second kappa shape index (κ2) is 10.8. The molecule has 0 fully saturated rings. The van der Waals surface area contributed by atoms with Gasteiger partial charge in [0.25, 0.3) is 17.3 Å². The van der Waals surface area contributed by atoms with Crippen molar-refractivity contribution in [2.24, 2.45) is 0 Å². The molecule has 0 atom stereocenters. The van der Waals surface area contributed by atoms with Crippen molar-refractivity contribution in [3.05, 3.63) is 115 Å². The zero-order chi connectivity index (χ0) is 26.5. The average molecular weight is 524 g/mol. The standard InChI is InChI=1S/C25H18ClN3O8/c1-15-2-5-19(6-3-15)36-21-11-16(10-18(12-21)29(33)34)27-25(30)23-9-7-20(37-23)14-35-24-13-17(28(31)32)4-8-22(24)26/h2-13H,14H2,1H3,(H,27,30). The molecule has 0 aliphatic rings. The number of aryl methyl sites for hydroxylation is 1. The Morgan fingerprint density at radius 1 is 0.919 bits per heavy atom. The number of hydrogen-bond donors (Lipinski definition) is 1. The Morgan fingerprint density at radius 2 is 1.65 bits per heavy atom. The first-order valence-electron chi connectivity index (χ1n) is 10.7. The van der Waals surface area contributed by atoms with Gasteiger partial charge in [0.05, 0.1) is 32.7 Å². The van der Waals surface area contributed by atoms with E-state index in [1.54, 1.807) is 12.1 Å². The summed E-state index contributed by atoms with van der Waals surface area (Å²) in [5.74, 6) is 0.211. The fraction of sp³-hybridized carbons (Fsp3) is 0.0800. The molecule has 3 aromatic carbocycles. The summed E-state index contributed by atoms with van der Waals surface area (Å²) in [7, 11) is 0. The lowest BCUT2D eigenvalue weighted by molar-refractivity contribution is -0.385. The van der Waals surface area contributed by atoms with Crippen molar-refractivity contribution < 1.29 is 28.5 Å². The van der Waals surface area contributed by atoms with Crippen molar-refractivity contribution in [3.8, 4) is 17.2 Å². The Morgan fingerprint density at radius 3 is 2.35 bits per heavy atom. The fourth-order valence-corrected chi connectivity index (χ4v) is 3.37. The van der Waals surface area contributed by atoms with Gasteiger partial charge < -0.3 is 19.2 Å². The van der Waals surface area contributed by atoms with Gasteiger partial charge in [-0.05, 0) is 37.3 Å². The van der Waals surface area contributed by atoms with Crippen LogP contribution in [0.25, 0.3) is 0 Å². The minimum absolute atomic E-state index is 0.0796. The summed E-state index contributed by atoms with van der Waals surface area (Å²) in [6.45, 7) is 1.76. The van der Waals surface area contributed by atoms with Crippen molar-refractivity contribution in [2.75, 3.05) is 5.32 Å². The molecule has 1 N–H and O–H groups in total. The molecular weight excluding hydrogens is 506 g/mol. The molecule has 0 aliphatic heterocycles. The summed E-state index contributed by atoms with van der Waals surface area (Å²) in [5.41, 5.74) is 0.679. The maximum Gasteiger partial charge on any atom is 0.291 e. The predicted molar refractivity (Wildman–Crippen MR) is 133 cm³/mol. The van der Waals surface area contributed by atoms with Crippen LogP contribution in [0.1, 0.15) is 21.9 Å². The lowest BCUT2D eigenvalue weighted by Crippen LogP contribution is -2.11. The van der Waals surface area contributed by atoms with Gasteiger partial charge in [0, 0.05) is 18.2 Å². The van der Waals surface area contributed by atoms with Crippen LogP contribution < -0.4 is 14.8 Å². The van der Waals surface area contributed by atoms with Crippen LogP contribution >= 0.6 is 11.6 Å². The topological polar surface area (TPSA) is 147 Å². The largest absolute Gasteiger partial charge is 0.484 e. The molecule has 0 saturated carbocycles. The van der Waals surface area contributed by atoms with E-state index in [9.17, 15) is 25.0 Å². The van der Waals surface area contributed by atoms with Gasteiger partial charge in [-0.15, -0.1) is 0 Å². The second-order valence-corrected chi connectivity index (χ2v) is 8.18. The number of amides is 1. The summed E-state index contributed by atoms with van der Waals surface area (Å²) in [4.78, 5) is 33.9. The van der Waals surface area contributed by atoms with E-state index in [-0.39, 0.29) is 51.7 Å². The Labute approximate surface area is 214 Å². The van der Waals surface area contributed by atoms with E-state index in [0.717, 1.165) is 5.56 Å². The number of rotatable bonds is 9. The van der Waals surface area contributed by atoms with E-state index in [0.29, 0.717) is 5.75 Å². The first-order chi connectivity index (χ1) is 17.7. The van der Waals surface area contributed by atoms with Gasteiger partial charge in [0.15, 0.2) is 5.76 Å². The Balaban J connectivity index is 1.46. The highest BCUT2D eigenvalue weighted by Gasteiger charge is 2.17. The maximum atomic E-state index is 12.7. The van der Waals surface area contributed by atoms with Crippen LogP contribution in [0, 0.1) is 27.2 Å². The maximum absolute atomic E-state index is 12.7. The van der Waals surface area contributed by atoms with Crippen LogP contribution in [0.2, 0.25) is 5.02 Å². The Hall–Kier alpha value is -4.90. The van der Waals surface area contributed by atoms with Crippen LogP contribution in [0.4, 0.5) is 17.1 Å². The number of ether oxygens (including phenoxy) is 2. The number of benzene rings is 3. The summed E-state index contributed by atoms with van der Waals surface area (Å²) < 4.78 is 16.7. The van der Waals surface area contributed by atoms with Gasteiger partial charge in [-0.3, -0.25) is 25.0 Å². The predicted octanol–water partition coefficient (Wildman–Crippen LogP) is 6.68. The monoisotopic (exact) mass is 523 g/mol. The molecule has 0 aliphatic carbocycles. The van der Waals surface area contributed by atoms with Gasteiger partial charge in [-0.25, -0.2) is 0 Å². The normalized spacial score (nSPS) is 10.5. The number of carbonyl (C=O) groups is 1. The first kappa shape index (κ1) is 25.2. The quantitative estimate of drug-likeness (QED) is 0.188. The highest BCUT2D eigenvalue weighted by molar-refractivity contribution is 6.32. The fourth-order valence-electron chi connectivity index (χ4n) is 3.20. The van der Waals surface area contributed by atoms with E-state index < -0.39 is 15.8 Å². The molecule has 4 aromatic rings. The third-order valence-corrected chi connectivity index (χ3v) is 5.31. The lowest BCUT2D eigenvalue weighted by Gasteiger charge is -2.09. The number of anilines is 1. The van der Waals surface area contributed by atoms with Crippen LogP contribution in [-0.4, -0.2) is 15.8 Å². The van der Waals surface area contributed by atoms with E-state index in [1.165, 1.54) is 48.5 Å². The SMILES string of the molecule is Cc1ccc(Oc2cc(NC(=O)c3ccc(COc4cc([N+](=O)[O-])ccc4Cl)o3)cc([N+](=O)[O-])c2)cc1. The molecule has 0 unspecified atom stereocenters. The second-order valence-electron chi connectivity index (χ2n) is 7.77. The van der Waals surface area contributed by atoms with E-state index >= 15 is 0 Å². The van der Waals surface area contributed by atoms with Gasteiger partial charge in [-0.2, -0.15) is 0 Å². The van der Waals surface area contributed by atoms with E-state index in [2.05, 4.69) is 5.32 Å². The molecule has 0 radical (unpaired) electrons. The number of non-ortho nitro benzene ring substituents is 2. The third kappa shape index (κ3) is 6.41. The van der Waals surface area contributed by atoms with Crippen molar-refractivity contribution in [1.29, 1.82) is 0 Å². The van der Waals surface area contributed by atoms with Crippen molar-refractivity contribution in [1.82, 2.24) is 0 Å². The van der Waals surface area contributed by atoms with Gasteiger partial charge >= 0.3 is 0 Å². The van der Waals surface area contributed by atoms with E-state index in [1.807, 2.05) is 19.1 Å². The van der Waals surface area contributed by atoms with Gasteiger partial charge in [0.1, 0.15) is 29.6 Å². The molecule has 12 heteroatoms. The van der Waals surface area contributed by atoms with Crippen LogP contribution in [0.5, 0.6) is 17.2 Å². The molecular formula is C25H18ClN3O8. The first-order valence-corrected chi connectivity index (χ1v) is 11.1. The average Bonchev–Trinajstić information content (AvgIpc) is 3.34. The number of furan rings is 1. The van der Waals surface area contributed by atoms with Crippen molar-refractivity contribution in [3.63, 3.8) is 0 Å². The third-order valence-electron chi connectivity index (χ3n) is 5.00. The highest BCUT2D eigenvalue weighted by atomic mass is 35.5. The number of nitrogens with zero attached hydrogens (tertiary/aromatic N) is 2. The van der Waals surface area contributed by atoms with Crippen LogP contribution in [0.3, 0.4) is 0 Å². The summed E-state index contributed by atoms with van der Waals surface area (Å²) >= 11 is 6.02. The highest BCUT2D eigenvalue weighted by Crippen LogP contribution is 2.31. The zero-order valence-electron chi connectivity index (χ0n) is 19.2. The lowest BCUT2D eigenvalue weighted by atomic mass is 10.2. The minimum atomic E-state index is -0.665.